The molecular formula is C11H22N6O. The highest BCUT2D eigenvalue weighted by molar-refractivity contribution is 5.32. The maximum absolute atomic E-state index is 5.61. The fourth-order valence-electron chi connectivity index (χ4n) is 1.14. The summed E-state index contributed by atoms with van der Waals surface area (Å²) in [6.45, 7) is 6.63. The summed E-state index contributed by atoms with van der Waals surface area (Å²) in [5, 5.41) is 3.12. The summed E-state index contributed by atoms with van der Waals surface area (Å²) in [5.74, 6) is 0.590. The van der Waals surface area contributed by atoms with Crippen LogP contribution >= 0.6 is 0 Å². The average Bonchev–Trinajstić information content (AvgIpc) is 2.23. The Morgan fingerprint density at radius 3 is 2.44 bits per heavy atom. The predicted octanol–water partition coefficient (Wildman–Crippen LogP) is 0.603. The van der Waals surface area contributed by atoms with Gasteiger partial charge in [-0.3, -0.25) is 0 Å². The monoisotopic (exact) mass is 254 g/mol. The van der Waals surface area contributed by atoms with Crippen LogP contribution < -0.4 is 15.8 Å². The van der Waals surface area contributed by atoms with Crippen molar-refractivity contribution in [2.75, 3.05) is 31.7 Å². The molecule has 0 saturated heterocycles. The molecule has 0 radical (unpaired) electrons. The molecule has 0 aliphatic heterocycles. The van der Waals surface area contributed by atoms with Crippen LogP contribution in [0.5, 0.6) is 6.01 Å². The number of nitrogens with one attached hydrogen (secondary N) is 1. The van der Waals surface area contributed by atoms with Crippen molar-refractivity contribution in [1.82, 2.24) is 19.9 Å². The Hall–Kier alpha value is -1.63. The first-order valence-corrected chi connectivity index (χ1v) is 5.97. The molecule has 1 heterocycles. The summed E-state index contributed by atoms with van der Waals surface area (Å²) in [7, 11) is 4.03. The maximum Gasteiger partial charge on any atom is 0.323 e. The van der Waals surface area contributed by atoms with E-state index in [2.05, 4.69) is 32.1 Å². The molecule has 7 heteroatoms. The maximum atomic E-state index is 5.61. The first-order chi connectivity index (χ1) is 8.38. The number of nitrogens with zero attached hydrogens (tertiary/aromatic N) is 4. The van der Waals surface area contributed by atoms with Gasteiger partial charge in [-0.1, -0.05) is 0 Å². The van der Waals surface area contributed by atoms with E-state index >= 15 is 0 Å². The van der Waals surface area contributed by atoms with E-state index in [-0.39, 0.29) is 18.1 Å². The van der Waals surface area contributed by atoms with Crippen LogP contribution in [-0.4, -0.2) is 52.6 Å². The molecule has 1 atom stereocenters. The molecule has 0 spiro atoms. The highest BCUT2D eigenvalue weighted by atomic mass is 16.5. The third kappa shape index (κ3) is 4.70. The second kappa shape index (κ2) is 6.34. The van der Waals surface area contributed by atoms with Gasteiger partial charge in [0.1, 0.15) is 0 Å². The summed E-state index contributed by atoms with van der Waals surface area (Å²) in [5.41, 5.74) is 5.61. The Morgan fingerprint density at radius 1 is 1.22 bits per heavy atom. The Labute approximate surface area is 108 Å². The molecule has 0 aliphatic carbocycles. The van der Waals surface area contributed by atoms with Gasteiger partial charge in [0.15, 0.2) is 0 Å². The first-order valence-electron chi connectivity index (χ1n) is 5.97. The van der Waals surface area contributed by atoms with E-state index in [1.54, 1.807) is 0 Å². The molecule has 0 aromatic carbocycles. The number of anilines is 2. The minimum atomic E-state index is 0.000323. The number of aromatic nitrogens is 3. The quantitative estimate of drug-likeness (QED) is 0.768. The standard InChI is InChI=1S/C11H22N6O/c1-7(2)18-11-15-9(12)14-10(16-11)13-6-8(3)17(4)5/h7-8H,6H2,1-5H3,(H3,12,13,14,15,16). The lowest BCUT2D eigenvalue weighted by atomic mass is 10.3. The molecule has 1 rings (SSSR count). The summed E-state index contributed by atoms with van der Waals surface area (Å²) in [6, 6.07) is 0.606. The molecule has 7 nitrogen and oxygen atoms in total. The molecule has 0 fully saturated rings. The van der Waals surface area contributed by atoms with Gasteiger partial charge in [-0.05, 0) is 34.9 Å². The Kier molecular flexibility index (Phi) is 5.08. The van der Waals surface area contributed by atoms with Crippen molar-refractivity contribution in [3.8, 4) is 6.01 Å². The van der Waals surface area contributed by atoms with E-state index in [4.69, 9.17) is 10.5 Å². The van der Waals surface area contributed by atoms with Crippen molar-refractivity contribution in [2.45, 2.75) is 32.9 Å². The van der Waals surface area contributed by atoms with Crippen LogP contribution in [0.4, 0.5) is 11.9 Å². The van der Waals surface area contributed by atoms with Crippen molar-refractivity contribution < 1.29 is 4.74 Å². The van der Waals surface area contributed by atoms with Crippen molar-refractivity contribution in [1.29, 1.82) is 0 Å². The van der Waals surface area contributed by atoms with Gasteiger partial charge in [0.05, 0.1) is 6.10 Å². The molecular weight excluding hydrogens is 232 g/mol. The molecule has 1 unspecified atom stereocenters. The van der Waals surface area contributed by atoms with Crippen LogP contribution in [0.2, 0.25) is 0 Å². The van der Waals surface area contributed by atoms with Gasteiger partial charge < -0.3 is 20.7 Å². The highest BCUT2D eigenvalue weighted by Crippen LogP contribution is 2.10. The van der Waals surface area contributed by atoms with Gasteiger partial charge in [-0.15, -0.1) is 0 Å². The second-order valence-electron chi connectivity index (χ2n) is 4.66. The van der Waals surface area contributed by atoms with Gasteiger partial charge in [0.2, 0.25) is 11.9 Å². The lowest BCUT2D eigenvalue weighted by Gasteiger charge is -2.20. The van der Waals surface area contributed by atoms with Crippen molar-refractivity contribution >= 4 is 11.9 Å². The summed E-state index contributed by atoms with van der Waals surface area (Å²) < 4.78 is 5.40. The third-order valence-electron chi connectivity index (χ3n) is 2.41. The molecule has 0 bridgehead atoms. The van der Waals surface area contributed by atoms with Crippen molar-refractivity contribution in [3.63, 3.8) is 0 Å². The van der Waals surface area contributed by atoms with Crippen LogP contribution in [-0.2, 0) is 0 Å². The van der Waals surface area contributed by atoms with Gasteiger partial charge in [-0.2, -0.15) is 15.0 Å². The molecule has 3 N–H and O–H groups in total. The first kappa shape index (κ1) is 14.4. The Morgan fingerprint density at radius 2 is 1.89 bits per heavy atom. The van der Waals surface area contributed by atoms with Crippen LogP contribution in [0.3, 0.4) is 0 Å². The lowest BCUT2D eigenvalue weighted by molar-refractivity contribution is 0.222. The third-order valence-corrected chi connectivity index (χ3v) is 2.41. The summed E-state index contributed by atoms with van der Waals surface area (Å²) in [4.78, 5) is 14.2. The number of hydrogen-bond donors (Lipinski definition) is 2. The SMILES string of the molecule is CC(C)Oc1nc(N)nc(NCC(C)N(C)C)n1. The normalized spacial score (nSPS) is 12.8. The minimum absolute atomic E-state index is 0.000323. The largest absolute Gasteiger partial charge is 0.461 e. The fourth-order valence-corrected chi connectivity index (χ4v) is 1.14. The zero-order valence-electron chi connectivity index (χ0n) is 11.6. The molecule has 18 heavy (non-hydrogen) atoms. The number of nitrogen functional groups attached to an aromatic ring is 1. The van der Waals surface area contributed by atoms with E-state index in [1.807, 2.05) is 27.9 Å². The molecule has 1 aromatic rings. The Bertz CT molecular complexity index is 382. The summed E-state index contributed by atoms with van der Waals surface area (Å²) >= 11 is 0. The van der Waals surface area contributed by atoms with E-state index in [0.717, 1.165) is 6.54 Å². The average molecular weight is 254 g/mol. The topological polar surface area (TPSA) is 89.2 Å². The number of hydrogen-bond acceptors (Lipinski definition) is 7. The van der Waals surface area contributed by atoms with E-state index in [0.29, 0.717) is 12.0 Å². The van der Waals surface area contributed by atoms with Crippen LogP contribution in [0.25, 0.3) is 0 Å². The van der Waals surface area contributed by atoms with E-state index in [1.165, 1.54) is 0 Å². The second-order valence-corrected chi connectivity index (χ2v) is 4.66. The van der Waals surface area contributed by atoms with E-state index in [9.17, 15) is 0 Å². The van der Waals surface area contributed by atoms with Crippen molar-refractivity contribution in [2.24, 2.45) is 0 Å². The molecule has 0 aliphatic rings. The minimum Gasteiger partial charge on any atom is -0.461 e. The predicted molar refractivity (Wildman–Crippen MR) is 71.6 cm³/mol. The number of nitrogens with two attached hydrogens (primary N) is 1. The lowest BCUT2D eigenvalue weighted by Crippen LogP contribution is -2.32. The molecule has 0 amide bonds. The number of ether oxygens (including phenoxy) is 1. The van der Waals surface area contributed by atoms with Gasteiger partial charge in [-0.25, -0.2) is 0 Å². The van der Waals surface area contributed by atoms with Crippen molar-refractivity contribution in [3.05, 3.63) is 0 Å². The van der Waals surface area contributed by atoms with Crippen LogP contribution in [0.15, 0.2) is 0 Å². The van der Waals surface area contributed by atoms with Gasteiger partial charge in [0, 0.05) is 12.6 Å². The summed E-state index contributed by atoms with van der Waals surface area (Å²) in [6.07, 6.45) is 0.000323. The fraction of sp³-hybridized carbons (Fsp3) is 0.727. The van der Waals surface area contributed by atoms with E-state index < -0.39 is 0 Å². The van der Waals surface area contributed by atoms with Gasteiger partial charge >= 0.3 is 6.01 Å². The Balaban J connectivity index is 2.68. The van der Waals surface area contributed by atoms with Gasteiger partial charge in [0.25, 0.3) is 0 Å². The molecule has 102 valence electrons. The smallest absolute Gasteiger partial charge is 0.323 e. The highest BCUT2D eigenvalue weighted by Gasteiger charge is 2.09. The van der Waals surface area contributed by atoms with Crippen LogP contribution in [0, 0.1) is 0 Å². The zero-order valence-corrected chi connectivity index (χ0v) is 11.6. The molecule has 1 aromatic heterocycles. The number of rotatable bonds is 6. The molecule has 0 saturated carbocycles. The zero-order chi connectivity index (χ0) is 13.7. The van der Waals surface area contributed by atoms with Crippen LogP contribution in [0.1, 0.15) is 20.8 Å². The number of likely N-dealkylation sites (N-methyl/N-ethyl adjacent to an activating group) is 1.